The molecule has 0 saturated heterocycles. The fourth-order valence-electron chi connectivity index (χ4n) is 1.64. The average Bonchev–Trinajstić information content (AvgIpc) is 2.40. The van der Waals surface area contributed by atoms with E-state index < -0.39 is 5.47 Å². The van der Waals surface area contributed by atoms with Crippen molar-refractivity contribution in [3.05, 3.63) is 60.7 Å². The largest absolute Gasteiger partial charge is 0.335 e. The van der Waals surface area contributed by atoms with Gasteiger partial charge in [-0.25, -0.2) is 0 Å². The molecule has 0 radical (unpaired) electrons. The summed E-state index contributed by atoms with van der Waals surface area (Å²) in [6.07, 6.45) is 0.127. The van der Waals surface area contributed by atoms with E-state index >= 15 is 0 Å². The van der Waals surface area contributed by atoms with Crippen molar-refractivity contribution in [1.82, 2.24) is 0 Å². The van der Waals surface area contributed by atoms with E-state index in [4.69, 9.17) is 16.3 Å². The van der Waals surface area contributed by atoms with Crippen molar-refractivity contribution in [2.45, 2.75) is 24.8 Å². The highest BCUT2D eigenvalue weighted by molar-refractivity contribution is 8.71. The molecule has 0 aromatic heterocycles. The van der Waals surface area contributed by atoms with Crippen LogP contribution in [0.15, 0.2) is 65.6 Å². The lowest BCUT2D eigenvalue weighted by Crippen LogP contribution is -2.08. The van der Waals surface area contributed by atoms with Gasteiger partial charge in [0.1, 0.15) is 0 Å². The molecule has 4 heteroatoms. The molecule has 19 heavy (non-hydrogen) atoms. The van der Waals surface area contributed by atoms with Crippen LogP contribution in [0.25, 0.3) is 0 Å². The molecule has 1 atom stereocenters. The molecule has 2 rings (SSSR count). The molecule has 0 amide bonds. The van der Waals surface area contributed by atoms with Crippen molar-refractivity contribution < 1.29 is 4.52 Å². The standard InChI is InChI=1S/C15H17OPS2/c1-13(2)16-17(18,14-9-5-3-6-10-14)19-15-11-7-4-8-12-15/h3-13H,1-2H3. The van der Waals surface area contributed by atoms with Crippen LogP contribution in [0.4, 0.5) is 0 Å². The van der Waals surface area contributed by atoms with Crippen LogP contribution in [0.1, 0.15) is 13.8 Å². The lowest BCUT2D eigenvalue weighted by Gasteiger charge is -2.24. The Balaban J connectivity index is 2.33. The van der Waals surface area contributed by atoms with Gasteiger partial charge in [-0.1, -0.05) is 71.7 Å². The molecule has 1 unspecified atom stereocenters. The molecule has 0 bridgehead atoms. The molecule has 1 nitrogen and oxygen atoms in total. The predicted molar refractivity (Wildman–Crippen MR) is 88.9 cm³/mol. The Bertz CT molecular complexity index is 555. The van der Waals surface area contributed by atoms with Crippen LogP contribution in [0.3, 0.4) is 0 Å². The number of hydrogen-bond acceptors (Lipinski definition) is 3. The van der Waals surface area contributed by atoms with E-state index in [2.05, 4.69) is 24.3 Å². The van der Waals surface area contributed by atoms with Crippen molar-refractivity contribution in [1.29, 1.82) is 0 Å². The van der Waals surface area contributed by atoms with Crippen molar-refractivity contribution in [2.24, 2.45) is 0 Å². The first-order valence-electron chi connectivity index (χ1n) is 6.19. The summed E-state index contributed by atoms with van der Waals surface area (Å²) >= 11 is 7.55. The molecular formula is C15H17OPS2. The summed E-state index contributed by atoms with van der Waals surface area (Å²) in [7, 11) is 0. The molecule has 0 aliphatic carbocycles. The first-order valence-corrected chi connectivity index (χ1v) is 10.3. The Labute approximate surface area is 124 Å². The second-order valence-corrected chi connectivity index (χ2v) is 11.1. The van der Waals surface area contributed by atoms with Gasteiger partial charge in [0.05, 0.1) is 6.10 Å². The Morgan fingerprint density at radius 3 is 2.00 bits per heavy atom. The van der Waals surface area contributed by atoms with E-state index in [1.54, 1.807) is 11.4 Å². The zero-order valence-corrected chi connectivity index (χ0v) is 13.6. The number of benzene rings is 2. The number of rotatable bonds is 5. The monoisotopic (exact) mass is 308 g/mol. The van der Waals surface area contributed by atoms with Crippen LogP contribution in [0.2, 0.25) is 0 Å². The van der Waals surface area contributed by atoms with E-state index in [0.29, 0.717) is 0 Å². The van der Waals surface area contributed by atoms with Gasteiger partial charge in [-0.3, -0.25) is 0 Å². The third-order valence-electron chi connectivity index (χ3n) is 2.39. The van der Waals surface area contributed by atoms with Gasteiger partial charge in [0, 0.05) is 10.2 Å². The molecule has 0 fully saturated rings. The first-order chi connectivity index (χ1) is 9.10. The fourth-order valence-corrected chi connectivity index (χ4v) is 7.74. The second kappa shape index (κ2) is 6.71. The maximum Gasteiger partial charge on any atom is 0.153 e. The zero-order chi connectivity index (χ0) is 13.7. The van der Waals surface area contributed by atoms with E-state index in [-0.39, 0.29) is 6.10 Å². The fraction of sp³-hybridized carbons (Fsp3) is 0.200. The van der Waals surface area contributed by atoms with Gasteiger partial charge < -0.3 is 4.52 Å². The summed E-state index contributed by atoms with van der Waals surface area (Å²) in [6.45, 7) is 4.07. The molecule has 100 valence electrons. The van der Waals surface area contributed by atoms with Crippen molar-refractivity contribution in [3.63, 3.8) is 0 Å². The minimum absolute atomic E-state index is 0.127. The molecule has 0 aliphatic heterocycles. The van der Waals surface area contributed by atoms with Crippen LogP contribution in [-0.2, 0) is 16.3 Å². The smallest absolute Gasteiger partial charge is 0.153 e. The Hall–Kier alpha value is -0.600. The molecule has 0 spiro atoms. The lowest BCUT2D eigenvalue weighted by atomic mass is 10.4. The highest BCUT2D eigenvalue weighted by Gasteiger charge is 2.23. The highest BCUT2D eigenvalue weighted by atomic mass is 32.9. The quantitative estimate of drug-likeness (QED) is 0.732. The van der Waals surface area contributed by atoms with Crippen molar-refractivity contribution in [2.75, 3.05) is 0 Å². The van der Waals surface area contributed by atoms with Crippen LogP contribution in [-0.4, -0.2) is 6.10 Å². The summed E-state index contributed by atoms with van der Waals surface area (Å²) in [5.74, 6) is 0. The second-order valence-electron chi connectivity index (χ2n) is 4.39. The molecule has 2 aromatic rings. The highest BCUT2D eigenvalue weighted by Crippen LogP contribution is 2.62. The first kappa shape index (κ1) is 14.8. The Morgan fingerprint density at radius 1 is 0.947 bits per heavy atom. The maximum absolute atomic E-state index is 6.12. The van der Waals surface area contributed by atoms with Gasteiger partial charge in [0.25, 0.3) is 0 Å². The van der Waals surface area contributed by atoms with Crippen LogP contribution < -0.4 is 5.30 Å². The van der Waals surface area contributed by atoms with E-state index in [1.165, 1.54) is 0 Å². The normalized spacial score (nSPS) is 14.3. The van der Waals surface area contributed by atoms with Gasteiger partial charge in [-0.05, 0) is 26.0 Å². The predicted octanol–water partition coefficient (Wildman–Crippen LogP) is 4.84. The molecule has 0 aliphatic rings. The summed E-state index contributed by atoms with van der Waals surface area (Å²) in [5.41, 5.74) is -2.10. The van der Waals surface area contributed by atoms with Gasteiger partial charge in [-0.2, -0.15) is 0 Å². The van der Waals surface area contributed by atoms with Crippen LogP contribution in [0, 0.1) is 0 Å². The van der Waals surface area contributed by atoms with E-state index in [0.717, 1.165) is 10.2 Å². The minimum atomic E-state index is -2.10. The molecular weight excluding hydrogens is 291 g/mol. The summed E-state index contributed by atoms with van der Waals surface area (Å²) in [5, 5.41) is 1.12. The van der Waals surface area contributed by atoms with Crippen molar-refractivity contribution >= 4 is 34.0 Å². The van der Waals surface area contributed by atoms with Crippen LogP contribution >= 0.6 is 16.8 Å². The van der Waals surface area contributed by atoms with Gasteiger partial charge in [0.2, 0.25) is 0 Å². The maximum atomic E-state index is 6.12. The van der Waals surface area contributed by atoms with E-state index in [1.807, 2.05) is 50.2 Å². The van der Waals surface area contributed by atoms with E-state index in [9.17, 15) is 0 Å². The van der Waals surface area contributed by atoms with Gasteiger partial charge >= 0.3 is 0 Å². The Kier molecular flexibility index (Phi) is 5.23. The molecule has 0 N–H and O–H groups in total. The zero-order valence-electron chi connectivity index (χ0n) is 11.0. The third-order valence-corrected chi connectivity index (χ3v) is 8.55. The van der Waals surface area contributed by atoms with Crippen molar-refractivity contribution in [3.8, 4) is 0 Å². The average molecular weight is 308 g/mol. The SMILES string of the molecule is CC(C)OP(=S)(Sc1ccccc1)c1ccccc1. The molecule has 2 aromatic carbocycles. The third kappa shape index (κ3) is 4.19. The van der Waals surface area contributed by atoms with Gasteiger partial charge in [0.15, 0.2) is 5.47 Å². The lowest BCUT2D eigenvalue weighted by molar-refractivity contribution is 0.279. The minimum Gasteiger partial charge on any atom is -0.335 e. The summed E-state index contributed by atoms with van der Waals surface area (Å²) < 4.78 is 6.12. The van der Waals surface area contributed by atoms with Gasteiger partial charge in [-0.15, -0.1) is 0 Å². The molecule has 0 heterocycles. The summed E-state index contributed by atoms with van der Waals surface area (Å²) in [4.78, 5) is 1.16. The molecule has 0 saturated carbocycles. The topological polar surface area (TPSA) is 9.23 Å². The summed E-state index contributed by atoms with van der Waals surface area (Å²) in [6, 6.07) is 20.4. The number of hydrogen-bond donors (Lipinski definition) is 0. The Morgan fingerprint density at radius 2 is 1.47 bits per heavy atom. The van der Waals surface area contributed by atoms with Crippen LogP contribution in [0.5, 0.6) is 0 Å².